The van der Waals surface area contributed by atoms with Gasteiger partial charge in [-0.25, -0.2) is 9.78 Å². The molecular formula is C12H12BrNO4. The molecule has 0 aliphatic heterocycles. The van der Waals surface area contributed by atoms with Crippen molar-refractivity contribution < 1.29 is 18.4 Å². The van der Waals surface area contributed by atoms with Crippen molar-refractivity contribution >= 4 is 21.9 Å². The fourth-order valence-electron chi connectivity index (χ4n) is 1.54. The highest BCUT2D eigenvalue weighted by molar-refractivity contribution is 9.10. The van der Waals surface area contributed by atoms with Crippen LogP contribution in [0.5, 0.6) is 0 Å². The van der Waals surface area contributed by atoms with Crippen LogP contribution in [0.1, 0.15) is 29.6 Å². The standard InChI is InChI=1S/C12H12BrNO4/c1-3-4-7-10(12(15)16-2)18-11(14-7)8-5-6-9(13)17-8/h5-6H,3-4H2,1-2H3. The van der Waals surface area contributed by atoms with Crippen molar-refractivity contribution in [1.82, 2.24) is 4.98 Å². The van der Waals surface area contributed by atoms with Gasteiger partial charge in [-0.15, -0.1) is 0 Å². The van der Waals surface area contributed by atoms with Crippen molar-refractivity contribution in [1.29, 1.82) is 0 Å². The van der Waals surface area contributed by atoms with Gasteiger partial charge in [-0.2, -0.15) is 0 Å². The molecule has 0 spiro atoms. The number of furan rings is 1. The lowest BCUT2D eigenvalue weighted by Crippen LogP contribution is -2.03. The van der Waals surface area contributed by atoms with Gasteiger partial charge in [0.2, 0.25) is 5.76 Å². The number of nitrogens with zero attached hydrogens (tertiary/aromatic N) is 1. The minimum atomic E-state index is -0.525. The Hall–Kier alpha value is -1.56. The second kappa shape index (κ2) is 5.39. The number of methoxy groups -OCH3 is 1. The molecule has 0 N–H and O–H groups in total. The summed E-state index contributed by atoms with van der Waals surface area (Å²) in [5.41, 5.74) is 0.590. The van der Waals surface area contributed by atoms with Crippen LogP contribution < -0.4 is 0 Å². The number of hydrogen-bond acceptors (Lipinski definition) is 5. The van der Waals surface area contributed by atoms with Crippen molar-refractivity contribution in [3.05, 3.63) is 28.3 Å². The van der Waals surface area contributed by atoms with Gasteiger partial charge in [0.25, 0.3) is 5.89 Å². The fourth-order valence-corrected chi connectivity index (χ4v) is 1.85. The van der Waals surface area contributed by atoms with Gasteiger partial charge in [0, 0.05) is 0 Å². The molecule has 2 rings (SSSR count). The Balaban J connectivity index is 2.41. The number of carbonyl (C=O) groups excluding carboxylic acids is 1. The third-order valence-corrected chi connectivity index (χ3v) is 2.77. The van der Waals surface area contributed by atoms with Crippen molar-refractivity contribution in [3.63, 3.8) is 0 Å². The highest BCUT2D eigenvalue weighted by Gasteiger charge is 2.22. The van der Waals surface area contributed by atoms with Gasteiger partial charge in [0.1, 0.15) is 0 Å². The molecule has 0 fully saturated rings. The minimum Gasteiger partial charge on any atom is -0.463 e. The van der Waals surface area contributed by atoms with Crippen molar-refractivity contribution in [3.8, 4) is 11.7 Å². The van der Waals surface area contributed by atoms with Gasteiger partial charge in [-0.3, -0.25) is 0 Å². The van der Waals surface area contributed by atoms with E-state index in [0.717, 1.165) is 6.42 Å². The molecule has 2 heterocycles. The van der Waals surface area contributed by atoms with Crippen molar-refractivity contribution in [2.24, 2.45) is 0 Å². The van der Waals surface area contributed by atoms with Gasteiger partial charge in [0.15, 0.2) is 10.4 Å². The third kappa shape index (κ3) is 2.48. The molecule has 0 radical (unpaired) electrons. The first-order valence-electron chi connectivity index (χ1n) is 5.49. The lowest BCUT2D eigenvalue weighted by molar-refractivity contribution is 0.0564. The van der Waals surface area contributed by atoms with Gasteiger partial charge >= 0.3 is 5.97 Å². The number of carbonyl (C=O) groups is 1. The molecule has 0 bridgehead atoms. The Morgan fingerprint density at radius 1 is 1.44 bits per heavy atom. The zero-order valence-electron chi connectivity index (χ0n) is 10.0. The van der Waals surface area contributed by atoms with Gasteiger partial charge < -0.3 is 13.6 Å². The number of esters is 1. The predicted molar refractivity (Wildman–Crippen MR) is 67.2 cm³/mol. The summed E-state index contributed by atoms with van der Waals surface area (Å²) < 4.78 is 16.0. The van der Waals surface area contributed by atoms with Gasteiger partial charge in [0.05, 0.1) is 12.8 Å². The number of hydrogen-bond donors (Lipinski definition) is 0. The highest BCUT2D eigenvalue weighted by atomic mass is 79.9. The summed E-state index contributed by atoms with van der Waals surface area (Å²) in [5, 5.41) is 0. The summed E-state index contributed by atoms with van der Waals surface area (Å²) in [6, 6.07) is 3.45. The van der Waals surface area contributed by atoms with Crippen LogP contribution in [-0.2, 0) is 11.2 Å². The van der Waals surface area contributed by atoms with Crippen LogP contribution in [0.3, 0.4) is 0 Å². The zero-order valence-corrected chi connectivity index (χ0v) is 11.6. The molecule has 0 saturated carbocycles. The van der Waals surface area contributed by atoms with Crippen LogP contribution in [0.4, 0.5) is 0 Å². The summed E-state index contributed by atoms with van der Waals surface area (Å²) in [7, 11) is 1.31. The molecule has 2 aromatic rings. The number of rotatable bonds is 4. The second-order valence-electron chi connectivity index (χ2n) is 3.64. The summed E-state index contributed by atoms with van der Waals surface area (Å²) >= 11 is 3.20. The Kier molecular flexibility index (Phi) is 3.86. The first kappa shape index (κ1) is 12.9. The Morgan fingerprint density at radius 3 is 2.78 bits per heavy atom. The van der Waals surface area contributed by atoms with E-state index in [2.05, 4.69) is 25.7 Å². The summed E-state index contributed by atoms with van der Waals surface area (Å²) in [5.74, 6) is 0.364. The molecule has 0 aliphatic rings. The van der Waals surface area contributed by atoms with E-state index in [0.29, 0.717) is 22.5 Å². The van der Waals surface area contributed by atoms with Gasteiger partial charge in [-0.05, 0) is 34.5 Å². The van der Waals surface area contributed by atoms with Crippen LogP contribution in [0.25, 0.3) is 11.7 Å². The first-order valence-corrected chi connectivity index (χ1v) is 6.28. The number of ether oxygens (including phenoxy) is 1. The maximum atomic E-state index is 11.6. The lowest BCUT2D eigenvalue weighted by Gasteiger charge is -1.95. The zero-order chi connectivity index (χ0) is 13.1. The van der Waals surface area contributed by atoms with E-state index in [-0.39, 0.29) is 11.7 Å². The normalized spacial score (nSPS) is 10.6. The van der Waals surface area contributed by atoms with Crippen molar-refractivity contribution in [2.75, 3.05) is 7.11 Å². The molecule has 0 aliphatic carbocycles. The Labute approximate surface area is 112 Å². The fraction of sp³-hybridized carbons (Fsp3) is 0.333. The molecular weight excluding hydrogens is 302 g/mol. The monoisotopic (exact) mass is 313 g/mol. The molecule has 0 aromatic carbocycles. The number of aromatic nitrogens is 1. The minimum absolute atomic E-state index is 0.141. The summed E-state index contributed by atoms with van der Waals surface area (Å²) in [6.07, 6.45) is 1.51. The quantitative estimate of drug-likeness (QED) is 0.809. The number of aryl methyl sites for hydroxylation is 1. The number of halogens is 1. The van der Waals surface area contributed by atoms with Gasteiger partial charge in [-0.1, -0.05) is 13.3 Å². The van der Waals surface area contributed by atoms with E-state index in [1.54, 1.807) is 12.1 Å². The lowest BCUT2D eigenvalue weighted by atomic mass is 10.2. The maximum Gasteiger partial charge on any atom is 0.376 e. The third-order valence-electron chi connectivity index (χ3n) is 2.34. The Morgan fingerprint density at radius 2 is 2.22 bits per heavy atom. The largest absolute Gasteiger partial charge is 0.463 e. The van der Waals surface area contributed by atoms with Crippen LogP contribution in [0.15, 0.2) is 25.6 Å². The molecule has 0 amide bonds. The molecule has 0 atom stereocenters. The van der Waals surface area contributed by atoms with Crippen LogP contribution in [-0.4, -0.2) is 18.1 Å². The van der Waals surface area contributed by atoms with E-state index in [1.807, 2.05) is 6.92 Å². The highest BCUT2D eigenvalue weighted by Crippen LogP contribution is 2.27. The van der Waals surface area contributed by atoms with E-state index in [1.165, 1.54) is 7.11 Å². The van der Waals surface area contributed by atoms with E-state index in [4.69, 9.17) is 8.83 Å². The van der Waals surface area contributed by atoms with E-state index in [9.17, 15) is 4.79 Å². The van der Waals surface area contributed by atoms with Crippen LogP contribution in [0, 0.1) is 0 Å². The Bertz CT molecular complexity index is 558. The van der Waals surface area contributed by atoms with E-state index >= 15 is 0 Å². The molecule has 18 heavy (non-hydrogen) atoms. The maximum absolute atomic E-state index is 11.6. The smallest absolute Gasteiger partial charge is 0.376 e. The summed E-state index contributed by atoms with van der Waals surface area (Å²) in [6.45, 7) is 2.00. The first-order chi connectivity index (χ1) is 8.65. The predicted octanol–water partition coefficient (Wildman–Crippen LogP) is 3.44. The number of oxazole rings is 1. The molecule has 0 unspecified atom stereocenters. The SMILES string of the molecule is CCCc1nc(-c2ccc(Br)o2)oc1C(=O)OC. The topological polar surface area (TPSA) is 65.5 Å². The van der Waals surface area contributed by atoms with E-state index < -0.39 is 5.97 Å². The molecule has 0 saturated heterocycles. The van der Waals surface area contributed by atoms with Crippen LogP contribution >= 0.6 is 15.9 Å². The molecule has 6 heteroatoms. The molecule has 2 aromatic heterocycles. The average Bonchev–Trinajstić information content (AvgIpc) is 2.95. The van der Waals surface area contributed by atoms with Crippen LogP contribution in [0.2, 0.25) is 0 Å². The summed E-state index contributed by atoms with van der Waals surface area (Å²) in [4.78, 5) is 15.8. The molecule has 96 valence electrons. The average molecular weight is 314 g/mol. The molecule has 5 nitrogen and oxygen atoms in total. The second-order valence-corrected chi connectivity index (χ2v) is 4.42. The van der Waals surface area contributed by atoms with Crippen molar-refractivity contribution in [2.45, 2.75) is 19.8 Å².